The van der Waals surface area contributed by atoms with Crippen molar-refractivity contribution in [1.29, 1.82) is 0 Å². The average Bonchev–Trinajstić information content (AvgIpc) is 3.08. The topological polar surface area (TPSA) is 86.3 Å². The van der Waals surface area contributed by atoms with Crippen LogP contribution in [0.25, 0.3) is 0 Å². The van der Waals surface area contributed by atoms with E-state index in [-0.39, 0.29) is 25.1 Å². The van der Waals surface area contributed by atoms with Crippen LogP contribution in [0, 0.1) is 5.92 Å². The maximum Gasteiger partial charge on any atom is 0.312 e. The molecule has 0 unspecified atom stereocenters. The molecule has 1 spiro atoms. The van der Waals surface area contributed by atoms with Crippen LogP contribution in [0.3, 0.4) is 0 Å². The molecule has 32 heavy (non-hydrogen) atoms. The lowest BCUT2D eigenvalue weighted by Crippen LogP contribution is -2.59. The van der Waals surface area contributed by atoms with Crippen LogP contribution >= 0.6 is 0 Å². The third kappa shape index (κ3) is 4.10. The number of methoxy groups -OCH3 is 2. The molecule has 0 radical (unpaired) electrons. The minimum atomic E-state index is -0.890. The summed E-state index contributed by atoms with van der Waals surface area (Å²) in [5, 5.41) is 3.11. The molecule has 1 fully saturated rings. The number of para-hydroxylation sites is 1. The van der Waals surface area contributed by atoms with E-state index in [2.05, 4.69) is 10.2 Å². The fourth-order valence-electron chi connectivity index (χ4n) is 4.50. The first-order chi connectivity index (χ1) is 15.5. The minimum Gasteiger partial charge on any atom is -0.493 e. The molecule has 170 valence electrons. The van der Waals surface area contributed by atoms with Gasteiger partial charge in [0.1, 0.15) is 17.9 Å². The van der Waals surface area contributed by atoms with Gasteiger partial charge < -0.3 is 24.3 Å². The second kappa shape index (κ2) is 9.08. The summed E-state index contributed by atoms with van der Waals surface area (Å²) >= 11 is 0. The molecule has 2 aromatic carbocycles. The number of amides is 1. The van der Waals surface area contributed by atoms with E-state index < -0.39 is 11.5 Å². The molecule has 4 rings (SSSR count). The molecule has 1 amide bonds. The Bertz CT molecular complexity index is 1010. The standard InChI is InChI=1S/C24H28N2O6/c1-4-31-23(28)18-13-26(12-16-9-10-20(29-2)21(11-16)30-3)14-24(18)15-32-19-8-6-5-7-17(19)22(27)25-24/h5-11,18H,4,12-15H2,1-3H3,(H,25,27)/t18-,24-/m0/s1. The molecule has 2 heterocycles. The van der Waals surface area contributed by atoms with Crippen molar-refractivity contribution in [2.24, 2.45) is 5.92 Å². The van der Waals surface area contributed by atoms with Crippen LogP contribution in [0.5, 0.6) is 17.2 Å². The predicted molar refractivity (Wildman–Crippen MR) is 117 cm³/mol. The maximum absolute atomic E-state index is 13.0. The Labute approximate surface area is 187 Å². The summed E-state index contributed by atoms with van der Waals surface area (Å²) in [6.07, 6.45) is 0. The van der Waals surface area contributed by atoms with E-state index in [4.69, 9.17) is 18.9 Å². The van der Waals surface area contributed by atoms with Gasteiger partial charge in [0.2, 0.25) is 0 Å². The zero-order chi connectivity index (χ0) is 22.7. The molecule has 2 aliphatic heterocycles. The molecule has 0 aromatic heterocycles. The number of ether oxygens (including phenoxy) is 4. The number of hydrogen-bond donors (Lipinski definition) is 1. The van der Waals surface area contributed by atoms with E-state index >= 15 is 0 Å². The molecular weight excluding hydrogens is 412 g/mol. The van der Waals surface area contributed by atoms with Crippen molar-refractivity contribution in [2.75, 3.05) is 40.5 Å². The normalized spacial score (nSPS) is 22.5. The van der Waals surface area contributed by atoms with Gasteiger partial charge in [-0.15, -0.1) is 0 Å². The van der Waals surface area contributed by atoms with Crippen molar-refractivity contribution < 1.29 is 28.5 Å². The quantitative estimate of drug-likeness (QED) is 0.690. The molecule has 2 atom stereocenters. The van der Waals surface area contributed by atoms with E-state index in [9.17, 15) is 9.59 Å². The van der Waals surface area contributed by atoms with Crippen molar-refractivity contribution in [2.45, 2.75) is 19.0 Å². The molecule has 0 bridgehead atoms. The lowest BCUT2D eigenvalue weighted by molar-refractivity contribution is -0.150. The highest BCUT2D eigenvalue weighted by Crippen LogP contribution is 2.35. The first kappa shape index (κ1) is 22.0. The van der Waals surface area contributed by atoms with Gasteiger partial charge in [0.15, 0.2) is 11.5 Å². The summed E-state index contributed by atoms with van der Waals surface area (Å²) in [6, 6.07) is 12.8. The highest BCUT2D eigenvalue weighted by atomic mass is 16.5. The second-order valence-electron chi connectivity index (χ2n) is 8.06. The van der Waals surface area contributed by atoms with E-state index in [0.29, 0.717) is 42.4 Å². The molecule has 2 aromatic rings. The summed E-state index contributed by atoms with van der Waals surface area (Å²) < 4.78 is 22.1. The fraction of sp³-hybridized carbons (Fsp3) is 0.417. The Morgan fingerprint density at radius 3 is 2.72 bits per heavy atom. The average molecular weight is 440 g/mol. The number of hydrogen-bond acceptors (Lipinski definition) is 7. The molecule has 8 nitrogen and oxygen atoms in total. The number of benzene rings is 2. The number of carbonyl (C=O) groups excluding carboxylic acids is 2. The molecule has 1 saturated heterocycles. The Hall–Kier alpha value is -3.26. The molecular formula is C24H28N2O6. The molecule has 8 heteroatoms. The highest BCUT2D eigenvalue weighted by Gasteiger charge is 2.53. The van der Waals surface area contributed by atoms with Crippen LogP contribution in [0.2, 0.25) is 0 Å². The van der Waals surface area contributed by atoms with E-state index in [1.54, 1.807) is 39.3 Å². The Morgan fingerprint density at radius 2 is 1.97 bits per heavy atom. The van der Waals surface area contributed by atoms with Gasteiger partial charge in [0.05, 0.1) is 32.3 Å². The van der Waals surface area contributed by atoms with Gasteiger partial charge in [-0.25, -0.2) is 0 Å². The van der Waals surface area contributed by atoms with Crippen LogP contribution in [0.1, 0.15) is 22.8 Å². The van der Waals surface area contributed by atoms with Crippen molar-refractivity contribution >= 4 is 11.9 Å². The lowest BCUT2D eigenvalue weighted by Gasteiger charge is -2.32. The smallest absolute Gasteiger partial charge is 0.312 e. The SMILES string of the molecule is CCOC(=O)[C@@H]1CN(Cc2ccc(OC)c(OC)c2)C[C@]12COc1ccccc1C(=O)N2. The summed E-state index contributed by atoms with van der Waals surface area (Å²) in [5.74, 6) is 0.671. The van der Waals surface area contributed by atoms with Gasteiger partial charge >= 0.3 is 5.97 Å². The number of nitrogens with zero attached hydrogens (tertiary/aromatic N) is 1. The largest absolute Gasteiger partial charge is 0.493 e. The van der Waals surface area contributed by atoms with Crippen molar-refractivity contribution in [1.82, 2.24) is 10.2 Å². The van der Waals surface area contributed by atoms with Crippen molar-refractivity contribution in [3.05, 3.63) is 53.6 Å². The predicted octanol–water partition coefficient (Wildman–Crippen LogP) is 2.26. The molecule has 2 aliphatic rings. The van der Waals surface area contributed by atoms with E-state index in [1.807, 2.05) is 24.3 Å². The second-order valence-corrected chi connectivity index (χ2v) is 8.06. The van der Waals surface area contributed by atoms with Gasteiger partial charge in [-0.3, -0.25) is 14.5 Å². The van der Waals surface area contributed by atoms with E-state index in [1.165, 1.54) is 0 Å². The third-order valence-electron chi connectivity index (χ3n) is 6.02. The summed E-state index contributed by atoms with van der Waals surface area (Å²) in [4.78, 5) is 28.0. The van der Waals surface area contributed by atoms with Crippen LogP contribution in [0.15, 0.2) is 42.5 Å². The van der Waals surface area contributed by atoms with Gasteiger partial charge in [-0.05, 0) is 36.8 Å². The van der Waals surface area contributed by atoms with Crippen LogP contribution in [-0.4, -0.2) is 62.8 Å². The lowest BCUT2D eigenvalue weighted by atomic mass is 9.87. The third-order valence-corrected chi connectivity index (χ3v) is 6.02. The Balaban J connectivity index is 1.61. The Morgan fingerprint density at radius 1 is 1.19 bits per heavy atom. The summed E-state index contributed by atoms with van der Waals surface area (Å²) in [6.45, 7) is 3.69. The minimum absolute atomic E-state index is 0.182. The molecule has 1 N–H and O–H groups in total. The highest BCUT2D eigenvalue weighted by molar-refractivity contribution is 5.98. The van der Waals surface area contributed by atoms with Crippen LogP contribution < -0.4 is 19.5 Å². The summed E-state index contributed by atoms with van der Waals surface area (Å²) in [5.41, 5.74) is 0.579. The van der Waals surface area contributed by atoms with Crippen LogP contribution in [0.4, 0.5) is 0 Å². The van der Waals surface area contributed by atoms with Gasteiger partial charge in [0, 0.05) is 19.6 Å². The first-order valence-electron chi connectivity index (χ1n) is 10.6. The number of likely N-dealkylation sites (tertiary alicyclic amines) is 1. The fourth-order valence-corrected chi connectivity index (χ4v) is 4.50. The van der Waals surface area contributed by atoms with Gasteiger partial charge in [0.25, 0.3) is 5.91 Å². The number of esters is 1. The monoisotopic (exact) mass is 440 g/mol. The molecule has 0 saturated carbocycles. The zero-order valence-corrected chi connectivity index (χ0v) is 18.6. The molecule has 0 aliphatic carbocycles. The van der Waals surface area contributed by atoms with Gasteiger partial charge in [-0.1, -0.05) is 18.2 Å². The van der Waals surface area contributed by atoms with Crippen molar-refractivity contribution in [3.8, 4) is 17.2 Å². The maximum atomic E-state index is 13.0. The van der Waals surface area contributed by atoms with Gasteiger partial charge in [-0.2, -0.15) is 0 Å². The zero-order valence-electron chi connectivity index (χ0n) is 18.6. The number of nitrogens with one attached hydrogen (secondary N) is 1. The Kier molecular flexibility index (Phi) is 6.23. The number of rotatable bonds is 6. The number of fused-ring (bicyclic) bond motifs is 1. The number of carbonyl (C=O) groups is 2. The van der Waals surface area contributed by atoms with E-state index in [0.717, 1.165) is 5.56 Å². The van der Waals surface area contributed by atoms with Crippen molar-refractivity contribution in [3.63, 3.8) is 0 Å². The first-order valence-corrected chi connectivity index (χ1v) is 10.6. The van der Waals surface area contributed by atoms with Crippen LogP contribution in [-0.2, 0) is 16.1 Å². The summed E-state index contributed by atoms with van der Waals surface area (Å²) in [7, 11) is 3.19.